The Balaban J connectivity index is 1.35. The number of thiophene rings is 1. The molecule has 152 valence electrons. The summed E-state index contributed by atoms with van der Waals surface area (Å²) in [7, 11) is -3.61. The lowest BCUT2D eigenvalue weighted by Gasteiger charge is -2.09. The van der Waals surface area contributed by atoms with Crippen molar-refractivity contribution in [1.82, 2.24) is 14.9 Å². The third kappa shape index (κ3) is 4.58. The minimum atomic E-state index is -3.61. The van der Waals surface area contributed by atoms with Gasteiger partial charge in [-0.2, -0.15) is 0 Å². The molecule has 0 spiro atoms. The van der Waals surface area contributed by atoms with Crippen molar-refractivity contribution in [2.75, 3.05) is 4.72 Å². The van der Waals surface area contributed by atoms with Gasteiger partial charge < -0.3 is 9.88 Å². The largest absolute Gasteiger partial charge is 0.348 e. The first kappa shape index (κ1) is 19.9. The van der Waals surface area contributed by atoms with Crippen LogP contribution in [0.5, 0.6) is 0 Å². The lowest BCUT2D eigenvalue weighted by molar-refractivity contribution is 0.0951. The highest BCUT2D eigenvalue weighted by Gasteiger charge is 2.15. The molecule has 0 saturated heterocycles. The third-order valence-electron chi connectivity index (χ3n) is 4.35. The van der Waals surface area contributed by atoms with E-state index in [0.29, 0.717) is 17.8 Å². The van der Waals surface area contributed by atoms with Crippen LogP contribution in [0.2, 0.25) is 0 Å². The van der Waals surface area contributed by atoms with Crippen molar-refractivity contribution in [1.29, 1.82) is 0 Å². The molecule has 0 radical (unpaired) electrons. The maximum atomic E-state index is 12.4. The molecule has 0 aliphatic carbocycles. The van der Waals surface area contributed by atoms with E-state index in [1.165, 1.54) is 6.07 Å². The number of carbonyl (C=O) groups is 1. The van der Waals surface area contributed by atoms with E-state index < -0.39 is 10.0 Å². The quantitative estimate of drug-likeness (QED) is 0.460. The van der Waals surface area contributed by atoms with Gasteiger partial charge in [-0.1, -0.05) is 18.2 Å². The molecule has 4 rings (SSSR count). The molecule has 1 amide bonds. The number of imidazole rings is 1. The topological polar surface area (TPSA) is 93.1 Å². The number of sulfonamides is 1. The molecule has 0 aliphatic rings. The number of benzene rings is 2. The van der Waals surface area contributed by atoms with Crippen LogP contribution in [0.3, 0.4) is 0 Å². The molecule has 30 heavy (non-hydrogen) atoms. The monoisotopic (exact) mass is 438 g/mol. The van der Waals surface area contributed by atoms with E-state index in [2.05, 4.69) is 15.0 Å². The van der Waals surface area contributed by atoms with E-state index in [9.17, 15) is 13.2 Å². The zero-order valence-electron chi connectivity index (χ0n) is 15.7. The molecule has 2 aromatic carbocycles. The van der Waals surface area contributed by atoms with Crippen LogP contribution in [0.1, 0.15) is 15.9 Å². The van der Waals surface area contributed by atoms with Gasteiger partial charge in [0.2, 0.25) is 0 Å². The number of rotatable bonds is 7. The predicted molar refractivity (Wildman–Crippen MR) is 116 cm³/mol. The Morgan fingerprint density at radius 3 is 2.43 bits per heavy atom. The summed E-state index contributed by atoms with van der Waals surface area (Å²) in [5.41, 5.74) is 2.80. The van der Waals surface area contributed by atoms with Gasteiger partial charge in [0, 0.05) is 35.9 Å². The van der Waals surface area contributed by atoms with Crippen LogP contribution in [0.4, 0.5) is 5.69 Å². The fourth-order valence-electron chi connectivity index (χ4n) is 2.79. The van der Waals surface area contributed by atoms with Crippen LogP contribution < -0.4 is 10.0 Å². The van der Waals surface area contributed by atoms with Crippen molar-refractivity contribution < 1.29 is 13.2 Å². The highest BCUT2D eigenvalue weighted by Crippen LogP contribution is 2.20. The smallest absolute Gasteiger partial charge is 0.271 e. The van der Waals surface area contributed by atoms with Gasteiger partial charge in [0.05, 0.1) is 6.33 Å². The van der Waals surface area contributed by atoms with Crippen LogP contribution in [0, 0.1) is 0 Å². The lowest BCUT2D eigenvalue weighted by atomic mass is 10.1. The minimum absolute atomic E-state index is 0.235. The summed E-state index contributed by atoms with van der Waals surface area (Å²) in [5, 5.41) is 4.57. The van der Waals surface area contributed by atoms with E-state index >= 15 is 0 Å². The maximum Gasteiger partial charge on any atom is 0.271 e. The standard InChI is InChI=1S/C21H18N4O3S2/c26-21(23-14-16-3-9-19(10-4-16)25-12-11-22-15-25)17-5-7-18(8-6-17)24-30(27,28)20-2-1-13-29-20/h1-13,15,24H,14H2,(H,23,26). The van der Waals surface area contributed by atoms with E-state index in [-0.39, 0.29) is 10.1 Å². The number of anilines is 1. The maximum absolute atomic E-state index is 12.4. The summed E-state index contributed by atoms with van der Waals surface area (Å²) in [6.45, 7) is 0.385. The molecule has 0 aliphatic heterocycles. The Labute approximate surface area is 178 Å². The molecule has 0 unspecified atom stereocenters. The third-order valence-corrected chi connectivity index (χ3v) is 7.13. The highest BCUT2D eigenvalue weighted by atomic mass is 32.2. The molecule has 2 N–H and O–H groups in total. The van der Waals surface area contributed by atoms with Gasteiger partial charge in [-0.05, 0) is 53.4 Å². The lowest BCUT2D eigenvalue weighted by Crippen LogP contribution is -2.22. The summed E-state index contributed by atoms with van der Waals surface area (Å²) in [4.78, 5) is 16.4. The van der Waals surface area contributed by atoms with Gasteiger partial charge in [0.25, 0.3) is 15.9 Å². The number of hydrogen-bond donors (Lipinski definition) is 2. The summed E-state index contributed by atoms with van der Waals surface area (Å²) in [6.07, 6.45) is 5.30. The first-order valence-corrected chi connectivity index (χ1v) is 11.4. The SMILES string of the molecule is O=C(NCc1ccc(-n2ccnc2)cc1)c1ccc(NS(=O)(=O)c2cccs2)cc1. The molecular formula is C21H18N4O3S2. The van der Waals surface area contributed by atoms with Crippen LogP contribution in [0.15, 0.2) is 89.0 Å². The Bertz CT molecular complexity index is 1220. The van der Waals surface area contributed by atoms with Gasteiger partial charge in [0.1, 0.15) is 4.21 Å². The van der Waals surface area contributed by atoms with E-state index in [0.717, 1.165) is 22.6 Å². The van der Waals surface area contributed by atoms with Gasteiger partial charge in [-0.15, -0.1) is 11.3 Å². The predicted octanol–water partition coefficient (Wildman–Crippen LogP) is 3.66. The van der Waals surface area contributed by atoms with Gasteiger partial charge >= 0.3 is 0 Å². The zero-order chi connectivity index (χ0) is 21.0. The fourth-order valence-corrected chi connectivity index (χ4v) is 4.85. The first-order chi connectivity index (χ1) is 14.5. The number of amides is 1. The molecule has 0 fully saturated rings. The Morgan fingerprint density at radius 1 is 1.03 bits per heavy atom. The molecule has 9 heteroatoms. The number of hydrogen-bond acceptors (Lipinski definition) is 5. The minimum Gasteiger partial charge on any atom is -0.348 e. The second kappa shape index (κ2) is 8.52. The van der Waals surface area contributed by atoms with Gasteiger partial charge in [-0.3, -0.25) is 9.52 Å². The Hall–Kier alpha value is -3.43. The molecule has 0 atom stereocenters. The number of nitrogens with zero attached hydrogens (tertiary/aromatic N) is 2. The zero-order valence-corrected chi connectivity index (χ0v) is 17.4. The second-order valence-electron chi connectivity index (χ2n) is 6.43. The molecule has 0 bridgehead atoms. The molecule has 2 heterocycles. The molecular weight excluding hydrogens is 420 g/mol. The van der Waals surface area contributed by atoms with Gasteiger partial charge in [-0.25, -0.2) is 13.4 Å². The normalized spacial score (nSPS) is 11.2. The number of carbonyl (C=O) groups excluding carboxylic acids is 1. The second-order valence-corrected chi connectivity index (χ2v) is 9.29. The van der Waals surface area contributed by atoms with Crippen molar-refractivity contribution in [2.24, 2.45) is 0 Å². The van der Waals surface area contributed by atoms with Crippen LogP contribution in [0.25, 0.3) is 5.69 Å². The van der Waals surface area contributed by atoms with Gasteiger partial charge in [0.15, 0.2) is 0 Å². The van der Waals surface area contributed by atoms with Crippen LogP contribution >= 0.6 is 11.3 Å². The average molecular weight is 439 g/mol. The van der Waals surface area contributed by atoms with Crippen molar-refractivity contribution in [3.8, 4) is 5.69 Å². The van der Waals surface area contributed by atoms with E-state index in [1.807, 2.05) is 35.0 Å². The van der Waals surface area contributed by atoms with E-state index in [1.54, 1.807) is 48.2 Å². The van der Waals surface area contributed by atoms with Crippen molar-refractivity contribution in [2.45, 2.75) is 10.8 Å². The summed E-state index contributed by atoms with van der Waals surface area (Å²) < 4.78 is 29.2. The molecule has 0 saturated carbocycles. The molecule has 4 aromatic rings. The summed E-state index contributed by atoms with van der Waals surface area (Å²) in [5.74, 6) is -0.235. The van der Waals surface area contributed by atoms with Crippen molar-refractivity contribution in [3.05, 3.63) is 95.9 Å². The number of nitrogens with one attached hydrogen (secondary N) is 2. The van der Waals surface area contributed by atoms with Crippen LogP contribution in [-0.4, -0.2) is 23.9 Å². The van der Waals surface area contributed by atoms with Crippen LogP contribution in [-0.2, 0) is 16.6 Å². The molecule has 7 nitrogen and oxygen atoms in total. The van der Waals surface area contributed by atoms with Crippen molar-refractivity contribution >= 4 is 33.0 Å². The Kier molecular flexibility index (Phi) is 5.64. The summed E-state index contributed by atoms with van der Waals surface area (Å²) >= 11 is 1.14. The average Bonchev–Trinajstić information content (AvgIpc) is 3.47. The number of aromatic nitrogens is 2. The molecule has 2 aromatic heterocycles. The fraction of sp³-hybridized carbons (Fsp3) is 0.0476. The van der Waals surface area contributed by atoms with E-state index in [4.69, 9.17) is 0 Å². The van der Waals surface area contributed by atoms with Crippen molar-refractivity contribution in [3.63, 3.8) is 0 Å². The summed E-state index contributed by atoms with van der Waals surface area (Å²) in [6, 6.07) is 17.3. The first-order valence-electron chi connectivity index (χ1n) is 9.03. The Morgan fingerprint density at radius 2 is 1.80 bits per heavy atom. The highest BCUT2D eigenvalue weighted by molar-refractivity contribution is 7.94.